The number of halogens is 3. The number of benzene rings is 2. The van der Waals surface area contributed by atoms with E-state index in [1.807, 2.05) is 0 Å². The molecule has 1 unspecified atom stereocenters. The van der Waals surface area contributed by atoms with E-state index in [0.29, 0.717) is 24.0 Å². The van der Waals surface area contributed by atoms with Crippen molar-refractivity contribution in [2.75, 3.05) is 24.6 Å². The fraction of sp³-hybridized carbons (Fsp3) is 0.370. The van der Waals surface area contributed by atoms with Gasteiger partial charge in [0, 0.05) is 42.4 Å². The predicted octanol–water partition coefficient (Wildman–Crippen LogP) is -0.661. The first kappa shape index (κ1) is 32.2. The van der Waals surface area contributed by atoms with Crippen molar-refractivity contribution in [2.24, 2.45) is 0 Å². The second-order valence-electron chi connectivity index (χ2n) is 9.91. The summed E-state index contributed by atoms with van der Waals surface area (Å²) in [5.41, 5.74) is -0.957. The van der Waals surface area contributed by atoms with E-state index in [0.717, 1.165) is 12.1 Å². The number of hydrogen-bond donors (Lipinski definition) is 1. The Balaban J connectivity index is 0.00000442. The van der Waals surface area contributed by atoms with Crippen molar-refractivity contribution in [1.82, 2.24) is 34.9 Å². The number of tetrazole rings is 1. The van der Waals surface area contributed by atoms with Crippen molar-refractivity contribution in [3.63, 3.8) is 0 Å². The van der Waals surface area contributed by atoms with Crippen LogP contribution in [-0.4, -0.2) is 77.9 Å². The summed E-state index contributed by atoms with van der Waals surface area (Å²) in [4.78, 5) is 28.3. The van der Waals surface area contributed by atoms with E-state index in [4.69, 9.17) is 9.47 Å². The van der Waals surface area contributed by atoms with E-state index < -0.39 is 41.7 Å². The third-order valence-electron chi connectivity index (χ3n) is 7.32. The molecule has 2 aromatic heterocycles. The SMILES string of the molecule is CCOC(=O)OC(C)[n+]1cnn(C[C@](O)(c2ccc(F)cc2F)[C@@H](C)N2CCN(c3ccc(-n4cnnn4)cc3)C2=O)c1.[Cl-]. The average molecular weight is 634 g/mol. The third kappa shape index (κ3) is 6.45. The largest absolute Gasteiger partial charge is 1.00 e. The van der Waals surface area contributed by atoms with Crippen LogP contribution < -0.4 is 21.9 Å². The van der Waals surface area contributed by atoms with Gasteiger partial charge >= 0.3 is 12.2 Å². The fourth-order valence-electron chi connectivity index (χ4n) is 4.97. The van der Waals surface area contributed by atoms with Crippen LogP contribution in [0.2, 0.25) is 0 Å². The normalized spacial score (nSPS) is 15.8. The van der Waals surface area contributed by atoms with Crippen LogP contribution in [0.25, 0.3) is 5.69 Å². The molecule has 14 nitrogen and oxygen atoms in total. The molecule has 1 N–H and O–H groups in total. The van der Waals surface area contributed by atoms with Crippen LogP contribution in [0.4, 0.5) is 24.1 Å². The summed E-state index contributed by atoms with van der Waals surface area (Å²) >= 11 is 0. The number of rotatable bonds is 10. The summed E-state index contributed by atoms with van der Waals surface area (Å²) in [5, 5.41) is 27.4. The molecule has 0 saturated carbocycles. The lowest BCUT2D eigenvalue weighted by atomic mass is 9.85. The van der Waals surface area contributed by atoms with Crippen LogP contribution in [0.15, 0.2) is 61.4 Å². The Morgan fingerprint density at radius 1 is 1.14 bits per heavy atom. The minimum atomic E-state index is -2.05. The van der Waals surface area contributed by atoms with Gasteiger partial charge in [0.05, 0.1) is 18.3 Å². The van der Waals surface area contributed by atoms with Crippen molar-refractivity contribution in [3.8, 4) is 5.69 Å². The molecule has 0 spiro atoms. The second-order valence-corrected chi connectivity index (χ2v) is 9.91. The van der Waals surface area contributed by atoms with E-state index in [2.05, 4.69) is 20.6 Å². The topological polar surface area (TPSA) is 145 Å². The first-order valence-electron chi connectivity index (χ1n) is 13.5. The second kappa shape index (κ2) is 13.3. The minimum absolute atomic E-state index is 0. The zero-order valence-corrected chi connectivity index (χ0v) is 24.8. The summed E-state index contributed by atoms with van der Waals surface area (Å²) in [6, 6.07) is 8.49. The maximum absolute atomic E-state index is 15.2. The summed E-state index contributed by atoms with van der Waals surface area (Å²) in [5.74, 6) is -1.79. The molecular formula is C27H30ClF2N9O5. The highest BCUT2D eigenvalue weighted by Crippen LogP contribution is 2.35. The van der Waals surface area contributed by atoms with Crippen LogP contribution in [0.1, 0.15) is 32.6 Å². The number of aromatic nitrogens is 7. The molecule has 1 fully saturated rings. The van der Waals surface area contributed by atoms with Crippen molar-refractivity contribution < 1.29 is 49.9 Å². The van der Waals surface area contributed by atoms with Gasteiger partial charge in [-0.3, -0.25) is 4.90 Å². The number of carbonyl (C=O) groups excluding carboxylic acids is 2. The molecule has 3 atom stereocenters. The van der Waals surface area contributed by atoms with Crippen LogP contribution in [0.5, 0.6) is 0 Å². The number of anilines is 1. The monoisotopic (exact) mass is 633 g/mol. The Kier molecular flexibility index (Phi) is 9.74. The van der Waals surface area contributed by atoms with Crippen molar-refractivity contribution in [2.45, 2.75) is 45.2 Å². The maximum atomic E-state index is 15.2. The zero-order chi connectivity index (χ0) is 30.7. The molecule has 1 aliphatic rings. The fourth-order valence-corrected chi connectivity index (χ4v) is 4.97. The highest BCUT2D eigenvalue weighted by molar-refractivity contribution is 5.94. The summed E-state index contributed by atoms with van der Waals surface area (Å²) in [6.45, 7) is 5.18. The quantitative estimate of drug-likeness (QED) is 0.178. The predicted molar refractivity (Wildman–Crippen MR) is 144 cm³/mol. The third-order valence-corrected chi connectivity index (χ3v) is 7.32. The molecule has 0 bridgehead atoms. The number of nitrogens with zero attached hydrogens (tertiary/aromatic N) is 9. The molecule has 234 valence electrons. The molecule has 2 aromatic carbocycles. The molecule has 0 aliphatic carbocycles. The Hall–Kier alpha value is -4.70. The number of aliphatic hydroxyl groups is 1. The lowest BCUT2D eigenvalue weighted by Gasteiger charge is -2.38. The van der Waals surface area contributed by atoms with Gasteiger partial charge in [0.1, 0.15) is 30.1 Å². The summed E-state index contributed by atoms with van der Waals surface area (Å²) in [7, 11) is 0. The van der Waals surface area contributed by atoms with E-state index >= 15 is 4.39 Å². The Morgan fingerprint density at radius 3 is 2.52 bits per heavy atom. The highest BCUT2D eigenvalue weighted by atomic mass is 35.5. The smallest absolute Gasteiger partial charge is 0.511 e. The van der Waals surface area contributed by atoms with E-state index in [1.165, 1.54) is 42.7 Å². The number of urea groups is 1. The van der Waals surface area contributed by atoms with E-state index in [1.54, 1.807) is 45.0 Å². The van der Waals surface area contributed by atoms with Gasteiger partial charge in [-0.2, -0.15) is 4.57 Å². The van der Waals surface area contributed by atoms with Gasteiger partial charge in [0.25, 0.3) is 6.33 Å². The van der Waals surface area contributed by atoms with Crippen molar-refractivity contribution in [1.29, 1.82) is 0 Å². The number of hydrogen-bond acceptors (Lipinski definition) is 9. The highest BCUT2D eigenvalue weighted by Gasteiger charge is 2.47. The van der Waals surface area contributed by atoms with Crippen LogP contribution in [0, 0.1) is 11.6 Å². The molecular weight excluding hydrogens is 604 g/mol. The molecule has 3 heterocycles. The van der Waals surface area contributed by atoms with Gasteiger partial charge in [-0.15, -0.1) is 9.78 Å². The van der Waals surface area contributed by atoms with Gasteiger partial charge in [0.2, 0.25) is 12.6 Å². The molecule has 1 saturated heterocycles. The van der Waals surface area contributed by atoms with Gasteiger partial charge in [-0.05, 0) is 54.6 Å². The Labute approximate surface area is 256 Å². The first-order chi connectivity index (χ1) is 20.6. The van der Waals surface area contributed by atoms with Crippen molar-refractivity contribution in [3.05, 3.63) is 78.6 Å². The van der Waals surface area contributed by atoms with Gasteiger partial charge in [-0.25, -0.2) is 23.1 Å². The molecule has 4 aromatic rings. The van der Waals surface area contributed by atoms with Crippen molar-refractivity contribution >= 4 is 17.9 Å². The van der Waals surface area contributed by atoms with E-state index in [9.17, 15) is 19.1 Å². The molecule has 17 heteroatoms. The van der Waals surface area contributed by atoms with E-state index in [-0.39, 0.29) is 37.7 Å². The minimum Gasteiger partial charge on any atom is -1.00 e. The number of ether oxygens (including phenoxy) is 2. The summed E-state index contributed by atoms with van der Waals surface area (Å²) < 4.78 is 43.3. The molecule has 5 rings (SSSR count). The molecule has 44 heavy (non-hydrogen) atoms. The molecule has 0 radical (unpaired) electrons. The lowest BCUT2D eigenvalue weighted by molar-refractivity contribution is -0.754. The molecule has 2 amide bonds. The Morgan fingerprint density at radius 2 is 1.86 bits per heavy atom. The standard InChI is InChI=1S/C27H30F2N9O5.ClH/c1-4-42-26(40)43-19(3)34-16-31-35(17-34)14-27(41,23-10-5-20(28)13-24(23)29)18(2)36-11-12-37(25(36)39)21-6-8-22(9-7-21)38-15-30-32-33-38;/h5-10,13,15-19,41H,4,11-12,14H2,1-3H3;1H/q+1;/p-1/t18-,19?,27-;/m1./s1. The van der Waals surface area contributed by atoms with Crippen LogP contribution in [0.3, 0.4) is 0 Å². The van der Waals surface area contributed by atoms with Crippen LogP contribution >= 0.6 is 0 Å². The zero-order valence-electron chi connectivity index (χ0n) is 24.0. The summed E-state index contributed by atoms with van der Waals surface area (Å²) in [6.07, 6.45) is 2.59. The number of amides is 2. The van der Waals surface area contributed by atoms with Gasteiger partial charge in [0.15, 0.2) is 0 Å². The maximum Gasteiger partial charge on any atom is 0.511 e. The van der Waals surface area contributed by atoms with Gasteiger partial charge in [-0.1, -0.05) is 6.07 Å². The molecule has 1 aliphatic heterocycles. The lowest BCUT2D eigenvalue weighted by Crippen LogP contribution is -3.00. The number of carbonyl (C=O) groups is 2. The van der Waals surface area contributed by atoms with Crippen LogP contribution in [-0.2, 0) is 21.6 Å². The first-order valence-corrected chi connectivity index (χ1v) is 13.5. The average Bonchev–Trinajstić information content (AvgIpc) is 3.75. The van der Waals surface area contributed by atoms with Gasteiger partial charge < -0.3 is 31.9 Å². The Bertz CT molecular complexity index is 1590.